The van der Waals surface area contributed by atoms with E-state index in [9.17, 15) is 22.8 Å². The molecule has 60 heavy (non-hydrogen) atoms. The molecule has 2 aliphatic carbocycles. The van der Waals surface area contributed by atoms with Crippen molar-refractivity contribution in [2.75, 3.05) is 13.7 Å². The van der Waals surface area contributed by atoms with Crippen molar-refractivity contribution in [3.63, 3.8) is 0 Å². The maximum Gasteiger partial charge on any atom is 0.259 e. The molecule has 0 bridgehead atoms. The molecule has 3 aromatic rings. The highest BCUT2D eigenvalue weighted by Crippen LogP contribution is 2.46. The predicted octanol–water partition coefficient (Wildman–Crippen LogP) is 6.06. The van der Waals surface area contributed by atoms with Crippen molar-refractivity contribution in [2.45, 2.75) is 132 Å². The SMILES string of the molecule is COc1ccc2c(O[C@@H]3C[C@H]4C(=O)N[C@]5(C(=O)NS(=O)(=O)C6CC6)C[C@H]5C=CCCCCC[C@H](CC(=O)N5[C@H](C)CCC[C@@H]5C)C(=O)N4C3)cc(-c3ccccc3)nc2c1. The van der Waals surface area contributed by atoms with Gasteiger partial charge in [0.15, 0.2) is 0 Å². The molecule has 5 aliphatic rings. The van der Waals surface area contributed by atoms with Crippen molar-refractivity contribution in [1.82, 2.24) is 24.8 Å². The molecule has 2 N–H and O–H groups in total. The van der Waals surface area contributed by atoms with Crippen molar-refractivity contribution in [3.8, 4) is 22.8 Å². The van der Waals surface area contributed by atoms with Crippen LogP contribution in [0.3, 0.4) is 0 Å². The van der Waals surface area contributed by atoms with Gasteiger partial charge in [-0.3, -0.25) is 23.9 Å². The second-order valence-corrected chi connectivity index (χ2v) is 19.5. The Hall–Kier alpha value is -4.98. The van der Waals surface area contributed by atoms with Gasteiger partial charge in [-0.25, -0.2) is 13.4 Å². The third-order valence-electron chi connectivity index (χ3n) is 13.2. The van der Waals surface area contributed by atoms with Crippen molar-refractivity contribution < 1.29 is 37.1 Å². The fourth-order valence-electron chi connectivity index (χ4n) is 9.55. The summed E-state index contributed by atoms with van der Waals surface area (Å²) in [4.78, 5) is 66.1. The van der Waals surface area contributed by atoms with Gasteiger partial charge in [-0.05, 0) is 83.8 Å². The van der Waals surface area contributed by atoms with E-state index < -0.39 is 56.6 Å². The van der Waals surface area contributed by atoms with Gasteiger partial charge in [0.05, 0.1) is 30.1 Å². The zero-order valence-corrected chi connectivity index (χ0v) is 35.6. The van der Waals surface area contributed by atoms with Crippen molar-refractivity contribution in [2.24, 2.45) is 11.8 Å². The molecule has 4 fully saturated rings. The molecule has 3 aliphatic heterocycles. The lowest BCUT2D eigenvalue weighted by Crippen LogP contribution is -2.57. The number of hydrogen-bond donors (Lipinski definition) is 2. The summed E-state index contributed by atoms with van der Waals surface area (Å²) in [5.41, 5.74) is 0.721. The molecule has 4 heterocycles. The first kappa shape index (κ1) is 41.7. The third-order valence-corrected chi connectivity index (χ3v) is 15.0. The number of benzene rings is 2. The van der Waals surface area contributed by atoms with E-state index in [1.165, 1.54) is 0 Å². The minimum absolute atomic E-state index is 0.0362. The van der Waals surface area contributed by atoms with E-state index in [1.54, 1.807) is 12.0 Å². The number of pyridine rings is 1. The highest BCUT2D eigenvalue weighted by atomic mass is 32.2. The first-order valence-corrected chi connectivity index (χ1v) is 23.3. The largest absolute Gasteiger partial charge is 0.497 e. The van der Waals surface area contributed by atoms with Crippen molar-refractivity contribution in [1.29, 1.82) is 0 Å². The van der Waals surface area contributed by atoms with E-state index in [1.807, 2.05) is 71.6 Å². The lowest BCUT2D eigenvalue weighted by atomic mass is 9.92. The molecule has 2 saturated carbocycles. The van der Waals surface area contributed by atoms with Gasteiger partial charge in [0.25, 0.3) is 5.91 Å². The number of aromatic nitrogens is 1. The zero-order valence-electron chi connectivity index (χ0n) is 34.8. The number of sulfonamides is 1. The van der Waals surface area contributed by atoms with E-state index in [2.05, 4.69) is 23.9 Å². The Kier molecular flexibility index (Phi) is 12.0. The average Bonchev–Trinajstić information content (AvgIpc) is 4.16. The van der Waals surface area contributed by atoms with Crippen LogP contribution in [0.1, 0.15) is 97.3 Å². The summed E-state index contributed by atoms with van der Waals surface area (Å²) in [7, 11) is -2.30. The predicted molar refractivity (Wildman–Crippen MR) is 227 cm³/mol. The van der Waals surface area contributed by atoms with Crippen LogP contribution in [0.25, 0.3) is 22.2 Å². The van der Waals surface area contributed by atoms with Crippen molar-refractivity contribution in [3.05, 3.63) is 66.7 Å². The van der Waals surface area contributed by atoms with Gasteiger partial charge in [0.1, 0.15) is 29.2 Å². The van der Waals surface area contributed by atoms with Crippen LogP contribution in [0.5, 0.6) is 11.5 Å². The van der Waals surface area contributed by atoms with Crippen LogP contribution in [0.2, 0.25) is 0 Å². The topological polar surface area (TPSA) is 164 Å². The van der Waals surface area contributed by atoms with Crippen LogP contribution in [0.4, 0.5) is 0 Å². The molecule has 0 spiro atoms. The molecular weight excluding hydrogens is 783 g/mol. The number of methoxy groups -OCH3 is 1. The maximum atomic E-state index is 15.0. The number of fused-ring (bicyclic) bond motifs is 3. The molecular formula is C46H57N5O8S. The van der Waals surface area contributed by atoms with Crippen LogP contribution < -0.4 is 19.5 Å². The Labute approximate surface area is 352 Å². The normalized spacial score (nSPS) is 28.8. The van der Waals surface area contributed by atoms with E-state index in [0.29, 0.717) is 42.0 Å². The van der Waals surface area contributed by atoms with Gasteiger partial charge >= 0.3 is 0 Å². The van der Waals surface area contributed by atoms with E-state index in [4.69, 9.17) is 14.5 Å². The average molecular weight is 840 g/mol. The van der Waals surface area contributed by atoms with Crippen LogP contribution in [0.15, 0.2) is 66.7 Å². The molecule has 320 valence electrons. The summed E-state index contributed by atoms with van der Waals surface area (Å²) in [5.74, 6) is -1.59. The molecule has 14 heteroatoms. The van der Waals surface area contributed by atoms with E-state index in [-0.39, 0.29) is 49.7 Å². The highest BCUT2D eigenvalue weighted by Gasteiger charge is 2.62. The molecule has 0 radical (unpaired) electrons. The summed E-state index contributed by atoms with van der Waals surface area (Å²) < 4.78 is 40.6. The summed E-state index contributed by atoms with van der Waals surface area (Å²) in [6.45, 7) is 4.20. The molecule has 4 amide bonds. The first-order chi connectivity index (χ1) is 28.9. The first-order valence-electron chi connectivity index (χ1n) is 21.7. The monoisotopic (exact) mass is 839 g/mol. The Morgan fingerprint density at radius 2 is 1.72 bits per heavy atom. The number of rotatable bonds is 9. The van der Waals surface area contributed by atoms with E-state index >= 15 is 4.79 Å². The molecule has 7 atom stereocenters. The number of amides is 4. The lowest BCUT2D eigenvalue weighted by Gasteiger charge is -2.40. The minimum atomic E-state index is -3.89. The second-order valence-electron chi connectivity index (χ2n) is 17.6. The lowest BCUT2D eigenvalue weighted by molar-refractivity contribution is -0.147. The number of nitrogens with one attached hydrogen (secondary N) is 2. The quantitative estimate of drug-likeness (QED) is 0.244. The van der Waals surface area contributed by atoms with Gasteiger partial charge in [0, 0.05) is 59.8 Å². The highest BCUT2D eigenvalue weighted by molar-refractivity contribution is 7.91. The number of carbonyl (C=O) groups is 4. The number of carbonyl (C=O) groups excluding carboxylic acids is 4. The molecule has 2 aromatic carbocycles. The molecule has 8 rings (SSSR count). The van der Waals surface area contributed by atoms with Crippen LogP contribution >= 0.6 is 0 Å². The Bertz CT molecular complexity index is 2250. The molecule has 0 unspecified atom stereocenters. The van der Waals surface area contributed by atoms with Crippen molar-refractivity contribution >= 4 is 44.6 Å². The molecule has 2 saturated heterocycles. The fraction of sp³-hybridized carbons (Fsp3) is 0.543. The molecule has 13 nitrogen and oxygen atoms in total. The Balaban J connectivity index is 1.13. The Morgan fingerprint density at radius 1 is 0.950 bits per heavy atom. The second kappa shape index (κ2) is 17.2. The van der Waals surface area contributed by atoms with E-state index in [0.717, 1.165) is 55.9 Å². The third kappa shape index (κ3) is 8.75. The van der Waals surface area contributed by atoms with Crippen LogP contribution in [-0.4, -0.2) is 95.5 Å². The number of ether oxygens (including phenoxy) is 2. The van der Waals surface area contributed by atoms with Gasteiger partial charge < -0.3 is 24.6 Å². The standard InChI is InChI=1S/C46H57N5O8S/c1-29-13-12-14-30(2)51(29)42(52)23-32-17-8-5-4-6-11-18-33-27-46(33,45(55)49-60(56,57)36-20-21-36)48-43(53)40-25-35(28-50(40)44(32)54)59-41-26-38(31-15-9-7-10-16-31)47-39-24-34(58-3)19-22-37(39)41/h7,9-11,15-16,18-19,22,24,26,29-30,32-33,35-36,40H,4-6,8,12-14,17,20-21,23,25,27-28H2,1-3H3,(H,48,53)(H,49,55)/t29-,30+,32-,33-,35-,40+,46-/m1/s1. The number of piperidine rings is 1. The number of allylic oxidation sites excluding steroid dienone is 1. The number of hydrogen-bond acceptors (Lipinski definition) is 9. The summed E-state index contributed by atoms with van der Waals surface area (Å²) in [6, 6.07) is 16.2. The van der Waals surface area contributed by atoms with Gasteiger partial charge in [-0.1, -0.05) is 55.3 Å². The fourth-order valence-corrected chi connectivity index (χ4v) is 10.9. The van der Waals surface area contributed by atoms with Crippen LogP contribution in [-0.2, 0) is 29.2 Å². The number of likely N-dealkylation sites (tertiary alicyclic amines) is 1. The Morgan fingerprint density at radius 3 is 2.45 bits per heavy atom. The van der Waals surface area contributed by atoms with Gasteiger partial charge in [-0.15, -0.1) is 0 Å². The van der Waals surface area contributed by atoms with Gasteiger partial charge in [0.2, 0.25) is 27.7 Å². The van der Waals surface area contributed by atoms with Gasteiger partial charge in [-0.2, -0.15) is 0 Å². The zero-order chi connectivity index (χ0) is 42.2. The van der Waals surface area contributed by atoms with Crippen LogP contribution in [0, 0.1) is 11.8 Å². The maximum absolute atomic E-state index is 15.0. The smallest absolute Gasteiger partial charge is 0.259 e. The molecule has 1 aromatic heterocycles. The number of nitrogens with zero attached hydrogens (tertiary/aromatic N) is 3. The minimum Gasteiger partial charge on any atom is -0.497 e. The summed E-state index contributed by atoms with van der Waals surface area (Å²) in [5, 5.41) is 3.08. The summed E-state index contributed by atoms with van der Waals surface area (Å²) in [6.07, 6.45) is 11.1. The summed E-state index contributed by atoms with van der Waals surface area (Å²) >= 11 is 0.